The van der Waals surface area contributed by atoms with E-state index in [2.05, 4.69) is 10.1 Å². The molecule has 1 amide bonds. The van der Waals surface area contributed by atoms with E-state index in [0.717, 1.165) is 10.5 Å². The predicted octanol–water partition coefficient (Wildman–Crippen LogP) is -0.333. The number of carboxylic acid groups (broad SMARTS) is 1. The van der Waals surface area contributed by atoms with Gasteiger partial charge in [-0.2, -0.15) is 13.1 Å². The third kappa shape index (κ3) is 13.2. The maximum atomic E-state index is 13.0. The normalized spacial score (nSPS) is 11.8. The summed E-state index contributed by atoms with van der Waals surface area (Å²) in [4.78, 5) is 36.7. The van der Waals surface area contributed by atoms with Crippen LogP contribution in [0.25, 0.3) is 0 Å². The fraction of sp³-hybridized carbons (Fsp3) is 0.474. The van der Waals surface area contributed by atoms with Gasteiger partial charge in [0.1, 0.15) is 19.3 Å². The molecule has 14 nitrogen and oxygen atoms in total. The summed E-state index contributed by atoms with van der Waals surface area (Å²) in [6.45, 7) is -0.742. The number of rotatable bonds is 15. The number of nitrogens with zero attached hydrogens (tertiary/aromatic N) is 1. The molecule has 0 radical (unpaired) electrons. The average molecular weight is 504 g/mol. The zero-order valence-corrected chi connectivity index (χ0v) is 19.1. The van der Waals surface area contributed by atoms with E-state index in [-0.39, 0.29) is 51.5 Å². The second-order valence-corrected chi connectivity index (χ2v) is 8.15. The molecular weight excluding hydrogens is 474 g/mol. The molecule has 0 saturated carbocycles. The average Bonchev–Trinajstić information content (AvgIpc) is 2.75. The van der Waals surface area contributed by atoms with Crippen molar-refractivity contribution in [3.8, 4) is 0 Å². The molecule has 1 aromatic rings. The van der Waals surface area contributed by atoms with Crippen molar-refractivity contribution in [1.29, 1.82) is 5.41 Å². The van der Waals surface area contributed by atoms with Gasteiger partial charge >= 0.3 is 22.4 Å². The van der Waals surface area contributed by atoms with Crippen molar-refractivity contribution in [3.05, 3.63) is 35.9 Å². The van der Waals surface area contributed by atoms with Crippen LogP contribution in [0.5, 0.6) is 0 Å². The summed E-state index contributed by atoms with van der Waals surface area (Å²) in [6, 6.07) is 7.47. The van der Waals surface area contributed by atoms with Crippen LogP contribution in [0.15, 0.2) is 30.3 Å². The van der Waals surface area contributed by atoms with Crippen LogP contribution in [0.2, 0.25) is 0 Å². The van der Waals surface area contributed by atoms with Gasteiger partial charge in [0, 0.05) is 13.1 Å². The summed E-state index contributed by atoms with van der Waals surface area (Å²) in [5.41, 5.74) is 5.93. The number of hydrogen-bond acceptors (Lipinski definition) is 8. The Kier molecular flexibility index (Phi) is 12.3. The number of guanidine groups is 1. The Morgan fingerprint density at radius 3 is 2.41 bits per heavy atom. The second kappa shape index (κ2) is 14.7. The van der Waals surface area contributed by atoms with Gasteiger partial charge in [-0.3, -0.25) is 19.6 Å². The van der Waals surface area contributed by atoms with Crippen molar-refractivity contribution in [1.82, 2.24) is 14.9 Å². The fourth-order valence-corrected chi connectivity index (χ4v) is 3.35. The van der Waals surface area contributed by atoms with E-state index >= 15 is 0 Å². The van der Waals surface area contributed by atoms with Crippen molar-refractivity contribution < 1.29 is 41.9 Å². The van der Waals surface area contributed by atoms with E-state index in [9.17, 15) is 22.8 Å². The molecule has 0 unspecified atom stereocenters. The number of nitrogens with two attached hydrogens (primary N) is 1. The minimum atomic E-state index is -4.76. The molecule has 15 heteroatoms. The first-order valence-electron chi connectivity index (χ1n) is 10.1. The van der Waals surface area contributed by atoms with Gasteiger partial charge in [0.15, 0.2) is 5.96 Å². The van der Waals surface area contributed by atoms with Gasteiger partial charge in [-0.15, -0.1) is 0 Å². The molecule has 0 aromatic heterocycles. The molecule has 1 atom stereocenters. The highest BCUT2D eigenvalue weighted by Crippen LogP contribution is 2.07. The van der Waals surface area contributed by atoms with E-state index in [1.165, 1.54) is 0 Å². The SMILES string of the molecule is N=C(N)NCCC[C@H](NS(=O)(=O)O)C(=O)N(CCOC(=O)O)CCC(=O)OCc1ccccc1. The summed E-state index contributed by atoms with van der Waals surface area (Å²) in [5, 5.41) is 18.3. The van der Waals surface area contributed by atoms with Crippen molar-refractivity contribution in [2.75, 3.05) is 26.2 Å². The lowest BCUT2D eigenvalue weighted by Crippen LogP contribution is -2.50. The molecule has 0 heterocycles. The lowest BCUT2D eigenvalue weighted by molar-refractivity contribution is -0.146. The summed E-state index contributed by atoms with van der Waals surface area (Å²) in [5.74, 6) is -1.76. The first-order chi connectivity index (χ1) is 16.0. The number of carbonyl (C=O) groups is 3. The van der Waals surface area contributed by atoms with E-state index in [4.69, 9.17) is 25.5 Å². The van der Waals surface area contributed by atoms with Gasteiger partial charge in [-0.05, 0) is 18.4 Å². The molecule has 190 valence electrons. The minimum Gasteiger partial charge on any atom is -0.461 e. The number of hydrogen-bond donors (Lipinski definition) is 6. The maximum absolute atomic E-state index is 13.0. The van der Waals surface area contributed by atoms with Crippen molar-refractivity contribution in [3.63, 3.8) is 0 Å². The Morgan fingerprint density at radius 1 is 1.15 bits per heavy atom. The highest BCUT2D eigenvalue weighted by Gasteiger charge is 2.28. The van der Waals surface area contributed by atoms with Crippen LogP contribution in [0, 0.1) is 5.41 Å². The molecule has 34 heavy (non-hydrogen) atoms. The van der Waals surface area contributed by atoms with Crippen LogP contribution in [-0.4, -0.2) is 79.3 Å². The van der Waals surface area contributed by atoms with Crippen LogP contribution in [0.3, 0.4) is 0 Å². The standard InChI is InChI=1S/C19H29N5O9S/c20-18(21)22-9-4-7-15(23-34(29,30)31)17(26)24(11-12-32-19(27)28)10-8-16(25)33-13-14-5-2-1-3-6-14/h1-3,5-6,15,23H,4,7-13H2,(H,27,28)(H4,20,21,22)(H,29,30,31)/t15-/m0/s1. The van der Waals surface area contributed by atoms with E-state index < -0.39 is 41.0 Å². The molecule has 7 N–H and O–H groups in total. The summed E-state index contributed by atoms with van der Waals surface area (Å²) < 4.78 is 43.2. The zero-order chi connectivity index (χ0) is 25.6. The Bertz CT molecular complexity index is 927. The number of nitrogens with one attached hydrogen (secondary N) is 3. The molecular formula is C19H29N5O9S. The third-order valence-electron chi connectivity index (χ3n) is 4.30. The topological polar surface area (TPSA) is 221 Å². The largest absolute Gasteiger partial charge is 0.505 e. The third-order valence-corrected chi connectivity index (χ3v) is 4.88. The van der Waals surface area contributed by atoms with Gasteiger partial charge in [-0.25, -0.2) is 4.79 Å². The van der Waals surface area contributed by atoms with Crippen molar-refractivity contribution in [2.24, 2.45) is 5.73 Å². The highest BCUT2D eigenvalue weighted by molar-refractivity contribution is 7.83. The van der Waals surface area contributed by atoms with Gasteiger partial charge in [-0.1, -0.05) is 30.3 Å². The van der Waals surface area contributed by atoms with Gasteiger partial charge in [0.05, 0.1) is 13.0 Å². The summed E-state index contributed by atoms with van der Waals surface area (Å²) in [7, 11) is -4.76. The van der Waals surface area contributed by atoms with Crippen LogP contribution in [0.1, 0.15) is 24.8 Å². The first-order valence-corrected chi connectivity index (χ1v) is 11.6. The molecule has 1 aromatic carbocycles. The Hall–Kier alpha value is -3.43. The smallest absolute Gasteiger partial charge is 0.461 e. The number of ether oxygens (including phenoxy) is 2. The Morgan fingerprint density at radius 2 is 1.82 bits per heavy atom. The molecule has 0 aliphatic heterocycles. The molecule has 0 bridgehead atoms. The monoisotopic (exact) mass is 503 g/mol. The van der Waals surface area contributed by atoms with E-state index in [1.54, 1.807) is 30.3 Å². The molecule has 1 rings (SSSR count). The van der Waals surface area contributed by atoms with Gasteiger partial charge in [0.25, 0.3) is 0 Å². The highest BCUT2D eigenvalue weighted by atomic mass is 32.2. The number of benzene rings is 1. The predicted molar refractivity (Wildman–Crippen MR) is 119 cm³/mol. The number of esters is 1. The summed E-state index contributed by atoms with van der Waals surface area (Å²) in [6.07, 6.45) is -1.72. The van der Waals surface area contributed by atoms with Gasteiger partial charge < -0.3 is 30.5 Å². The Balaban J connectivity index is 2.80. The quantitative estimate of drug-likeness (QED) is 0.0597. The minimum absolute atomic E-state index is 0.0197. The van der Waals surface area contributed by atoms with Gasteiger partial charge in [0.2, 0.25) is 5.91 Å². The second-order valence-electron chi connectivity index (χ2n) is 6.96. The maximum Gasteiger partial charge on any atom is 0.505 e. The van der Waals surface area contributed by atoms with E-state index in [1.807, 2.05) is 4.72 Å². The molecule has 0 fully saturated rings. The van der Waals surface area contributed by atoms with Crippen LogP contribution in [0.4, 0.5) is 4.79 Å². The molecule has 0 aliphatic carbocycles. The van der Waals surface area contributed by atoms with Crippen LogP contribution < -0.4 is 15.8 Å². The van der Waals surface area contributed by atoms with Crippen LogP contribution in [-0.2, 0) is 36.0 Å². The first kappa shape index (κ1) is 28.6. The van der Waals surface area contributed by atoms with E-state index in [0.29, 0.717) is 0 Å². The molecule has 0 aliphatic rings. The molecule has 0 saturated heterocycles. The number of carbonyl (C=O) groups excluding carboxylic acids is 2. The number of amides is 1. The van der Waals surface area contributed by atoms with Crippen LogP contribution >= 0.6 is 0 Å². The van der Waals surface area contributed by atoms with Crippen molar-refractivity contribution >= 4 is 34.3 Å². The summed E-state index contributed by atoms with van der Waals surface area (Å²) >= 11 is 0. The Labute approximate surface area is 196 Å². The lowest BCUT2D eigenvalue weighted by Gasteiger charge is -2.27. The fourth-order valence-electron chi connectivity index (χ4n) is 2.77. The van der Waals surface area contributed by atoms with Crippen molar-refractivity contribution in [2.45, 2.75) is 31.9 Å². The lowest BCUT2D eigenvalue weighted by atomic mass is 10.1. The zero-order valence-electron chi connectivity index (χ0n) is 18.3. The molecule has 0 spiro atoms.